The first-order valence-corrected chi connectivity index (χ1v) is 8.83. The summed E-state index contributed by atoms with van der Waals surface area (Å²) in [4.78, 5) is 6.36. The second-order valence-electron chi connectivity index (χ2n) is 4.82. The SMILES string of the molecule is O=S(=O)(NC1CCN(c2nccs2)C1)c1ccc(F)cc1. The van der Waals surface area contributed by atoms with Crippen molar-refractivity contribution < 1.29 is 12.8 Å². The van der Waals surface area contributed by atoms with Crippen LogP contribution in [0.5, 0.6) is 0 Å². The number of thiazole rings is 1. The Balaban J connectivity index is 1.68. The van der Waals surface area contributed by atoms with Crippen LogP contribution in [0.3, 0.4) is 0 Å². The molecule has 1 fully saturated rings. The van der Waals surface area contributed by atoms with Gasteiger partial charge in [0.1, 0.15) is 5.82 Å². The number of hydrogen-bond acceptors (Lipinski definition) is 5. The Bertz CT molecular complexity index is 702. The number of sulfonamides is 1. The molecule has 1 N–H and O–H groups in total. The third-order valence-electron chi connectivity index (χ3n) is 3.32. The van der Waals surface area contributed by atoms with Crippen LogP contribution >= 0.6 is 11.3 Å². The van der Waals surface area contributed by atoms with Gasteiger partial charge in [-0.05, 0) is 30.7 Å². The molecular formula is C13H14FN3O2S2. The molecule has 0 bridgehead atoms. The highest BCUT2D eigenvalue weighted by Crippen LogP contribution is 2.23. The molecular weight excluding hydrogens is 313 g/mol. The van der Waals surface area contributed by atoms with E-state index in [-0.39, 0.29) is 10.9 Å². The van der Waals surface area contributed by atoms with Crippen LogP contribution in [0.4, 0.5) is 9.52 Å². The van der Waals surface area contributed by atoms with Crippen LogP contribution in [0, 0.1) is 5.82 Å². The topological polar surface area (TPSA) is 62.3 Å². The van der Waals surface area contributed by atoms with Gasteiger partial charge in [-0.1, -0.05) is 0 Å². The van der Waals surface area contributed by atoms with Gasteiger partial charge in [-0.15, -0.1) is 11.3 Å². The Morgan fingerprint density at radius 1 is 1.33 bits per heavy atom. The quantitative estimate of drug-likeness (QED) is 0.931. The smallest absolute Gasteiger partial charge is 0.240 e. The van der Waals surface area contributed by atoms with Gasteiger partial charge in [-0.25, -0.2) is 22.5 Å². The van der Waals surface area contributed by atoms with Crippen LogP contribution in [0.15, 0.2) is 40.7 Å². The summed E-state index contributed by atoms with van der Waals surface area (Å²) in [6, 6.07) is 4.66. The molecule has 0 saturated carbocycles. The number of anilines is 1. The third kappa shape index (κ3) is 3.22. The van der Waals surface area contributed by atoms with Crippen molar-refractivity contribution in [3.8, 4) is 0 Å². The van der Waals surface area contributed by atoms with E-state index in [9.17, 15) is 12.8 Å². The molecule has 2 aromatic rings. The molecule has 0 amide bonds. The molecule has 5 nitrogen and oxygen atoms in total. The van der Waals surface area contributed by atoms with Crippen LogP contribution in [-0.2, 0) is 10.0 Å². The highest BCUT2D eigenvalue weighted by atomic mass is 32.2. The van der Waals surface area contributed by atoms with E-state index in [1.54, 1.807) is 6.20 Å². The van der Waals surface area contributed by atoms with E-state index in [0.29, 0.717) is 6.54 Å². The second kappa shape index (κ2) is 5.70. The molecule has 1 atom stereocenters. The molecule has 1 aromatic heterocycles. The van der Waals surface area contributed by atoms with Gasteiger partial charge in [0.25, 0.3) is 0 Å². The van der Waals surface area contributed by atoms with E-state index >= 15 is 0 Å². The molecule has 2 heterocycles. The maximum atomic E-state index is 12.9. The molecule has 3 rings (SSSR count). The molecule has 112 valence electrons. The number of benzene rings is 1. The van der Waals surface area contributed by atoms with Gasteiger partial charge in [0.15, 0.2) is 5.13 Å². The number of rotatable bonds is 4. The van der Waals surface area contributed by atoms with E-state index in [2.05, 4.69) is 14.6 Å². The Hall–Kier alpha value is -1.51. The van der Waals surface area contributed by atoms with E-state index in [1.807, 2.05) is 5.38 Å². The number of nitrogens with zero attached hydrogens (tertiary/aromatic N) is 2. The highest BCUT2D eigenvalue weighted by Gasteiger charge is 2.28. The van der Waals surface area contributed by atoms with Crippen molar-refractivity contribution in [3.63, 3.8) is 0 Å². The molecule has 0 spiro atoms. The minimum Gasteiger partial charge on any atom is -0.346 e. The fourth-order valence-corrected chi connectivity index (χ4v) is 4.25. The molecule has 1 unspecified atom stereocenters. The summed E-state index contributed by atoms with van der Waals surface area (Å²) in [6.45, 7) is 1.36. The lowest BCUT2D eigenvalue weighted by Crippen LogP contribution is -2.37. The van der Waals surface area contributed by atoms with Crippen LogP contribution in [0.2, 0.25) is 0 Å². The van der Waals surface area contributed by atoms with Crippen LogP contribution < -0.4 is 9.62 Å². The minimum atomic E-state index is -3.61. The number of nitrogens with one attached hydrogen (secondary N) is 1. The summed E-state index contributed by atoms with van der Waals surface area (Å²) in [5, 5.41) is 2.80. The lowest BCUT2D eigenvalue weighted by molar-refractivity contribution is 0.561. The molecule has 1 aliphatic rings. The number of halogens is 1. The third-order valence-corrected chi connectivity index (χ3v) is 5.69. The summed E-state index contributed by atoms with van der Waals surface area (Å²) >= 11 is 1.53. The van der Waals surface area contributed by atoms with Gasteiger partial charge in [0.2, 0.25) is 10.0 Å². The van der Waals surface area contributed by atoms with Crippen LogP contribution in [0.1, 0.15) is 6.42 Å². The summed E-state index contributed by atoms with van der Waals surface area (Å²) in [5.41, 5.74) is 0. The Morgan fingerprint density at radius 3 is 2.76 bits per heavy atom. The molecule has 1 saturated heterocycles. The van der Waals surface area contributed by atoms with Gasteiger partial charge < -0.3 is 4.90 Å². The largest absolute Gasteiger partial charge is 0.346 e. The average Bonchev–Trinajstić information content (AvgIpc) is 3.09. The summed E-state index contributed by atoms with van der Waals surface area (Å²) in [7, 11) is -3.61. The predicted octanol–water partition coefficient (Wildman–Crippen LogP) is 1.84. The average molecular weight is 327 g/mol. The van der Waals surface area contributed by atoms with Gasteiger partial charge in [0, 0.05) is 30.7 Å². The molecule has 21 heavy (non-hydrogen) atoms. The Labute approximate surface area is 126 Å². The van der Waals surface area contributed by atoms with E-state index in [1.165, 1.54) is 23.5 Å². The fraction of sp³-hybridized carbons (Fsp3) is 0.308. The van der Waals surface area contributed by atoms with Gasteiger partial charge >= 0.3 is 0 Å². The second-order valence-corrected chi connectivity index (χ2v) is 7.41. The molecule has 0 aliphatic carbocycles. The molecule has 8 heteroatoms. The Kier molecular flexibility index (Phi) is 3.92. The fourth-order valence-electron chi connectivity index (χ4n) is 2.30. The highest BCUT2D eigenvalue weighted by molar-refractivity contribution is 7.89. The van der Waals surface area contributed by atoms with E-state index < -0.39 is 15.8 Å². The maximum Gasteiger partial charge on any atom is 0.240 e. The van der Waals surface area contributed by atoms with Crippen molar-refractivity contribution in [1.29, 1.82) is 0 Å². The lowest BCUT2D eigenvalue weighted by atomic mass is 10.3. The van der Waals surface area contributed by atoms with Crippen molar-refractivity contribution >= 4 is 26.5 Å². The van der Waals surface area contributed by atoms with Crippen molar-refractivity contribution in [2.75, 3.05) is 18.0 Å². The van der Waals surface area contributed by atoms with Gasteiger partial charge in [-0.2, -0.15) is 0 Å². The number of hydrogen-bond donors (Lipinski definition) is 1. The zero-order valence-corrected chi connectivity index (χ0v) is 12.7. The van der Waals surface area contributed by atoms with Crippen molar-refractivity contribution in [3.05, 3.63) is 41.7 Å². The standard InChI is InChI=1S/C13H14FN3O2S2/c14-10-1-3-12(4-2-10)21(18,19)16-11-5-7-17(9-11)13-15-6-8-20-13/h1-4,6,8,11,16H,5,7,9H2. The molecule has 0 radical (unpaired) electrons. The first kappa shape index (κ1) is 14.4. The summed E-state index contributed by atoms with van der Waals surface area (Å²) < 4.78 is 40.0. The van der Waals surface area contributed by atoms with Crippen LogP contribution in [0.25, 0.3) is 0 Å². The van der Waals surface area contributed by atoms with Crippen molar-refractivity contribution in [1.82, 2.24) is 9.71 Å². The first-order valence-electron chi connectivity index (χ1n) is 6.47. The lowest BCUT2D eigenvalue weighted by Gasteiger charge is -2.16. The number of aromatic nitrogens is 1. The zero-order valence-electron chi connectivity index (χ0n) is 11.1. The minimum absolute atomic E-state index is 0.0802. The van der Waals surface area contributed by atoms with E-state index in [4.69, 9.17) is 0 Å². The van der Waals surface area contributed by atoms with Crippen molar-refractivity contribution in [2.45, 2.75) is 17.4 Å². The zero-order chi connectivity index (χ0) is 14.9. The maximum absolute atomic E-state index is 12.9. The van der Waals surface area contributed by atoms with Gasteiger partial charge in [-0.3, -0.25) is 0 Å². The van der Waals surface area contributed by atoms with Gasteiger partial charge in [0.05, 0.1) is 4.90 Å². The first-order chi connectivity index (χ1) is 10.0. The summed E-state index contributed by atoms with van der Waals surface area (Å²) in [6.07, 6.45) is 2.45. The predicted molar refractivity (Wildman–Crippen MR) is 79.5 cm³/mol. The summed E-state index contributed by atoms with van der Waals surface area (Å²) in [5.74, 6) is -0.454. The van der Waals surface area contributed by atoms with Crippen LogP contribution in [-0.4, -0.2) is 32.5 Å². The van der Waals surface area contributed by atoms with E-state index in [0.717, 1.165) is 30.2 Å². The monoisotopic (exact) mass is 327 g/mol. The molecule has 1 aromatic carbocycles. The normalized spacial score (nSPS) is 19.1. The Morgan fingerprint density at radius 2 is 2.10 bits per heavy atom. The molecule has 1 aliphatic heterocycles. The van der Waals surface area contributed by atoms with Crippen molar-refractivity contribution in [2.24, 2.45) is 0 Å².